The van der Waals surface area contributed by atoms with E-state index in [9.17, 15) is 8.42 Å². The van der Waals surface area contributed by atoms with Crippen molar-refractivity contribution in [3.05, 3.63) is 65.3 Å². The van der Waals surface area contributed by atoms with Crippen molar-refractivity contribution in [1.29, 1.82) is 0 Å². The Labute approximate surface area is 133 Å². The average Bonchev–Trinajstić information content (AvgIpc) is 2.47. The second-order valence-electron chi connectivity index (χ2n) is 4.96. The van der Waals surface area contributed by atoms with Gasteiger partial charge in [-0.3, -0.25) is 9.71 Å². The van der Waals surface area contributed by atoms with Crippen molar-refractivity contribution in [2.45, 2.75) is 11.8 Å². The molecule has 0 aliphatic carbocycles. The van der Waals surface area contributed by atoms with Crippen molar-refractivity contribution < 1.29 is 8.42 Å². The van der Waals surface area contributed by atoms with E-state index in [-0.39, 0.29) is 4.90 Å². The maximum absolute atomic E-state index is 12.4. The first-order chi connectivity index (χ1) is 10.5. The first kappa shape index (κ1) is 14.8. The van der Waals surface area contributed by atoms with Gasteiger partial charge in [0.25, 0.3) is 10.0 Å². The average molecular weight is 333 g/mol. The van der Waals surface area contributed by atoms with Crippen LogP contribution in [0.2, 0.25) is 5.02 Å². The topological polar surface area (TPSA) is 59.1 Å². The van der Waals surface area contributed by atoms with Gasteiger partial charge in [-0.05, 0) is 36.8 Å². The second kappa shape index (κ2) is 5.59. The summed E-state index contributed by atoms with van der Waals surface area (Å²) in [5, 5.41) is 1.31. The van der Waals surface area contributed by atoms with Crippen LogP contribution in [-0.2, 0) is 10.0 Å². The summed E-state index contributed by atoms with van der Waals surface area (Å²) in [5.41, 5.74) is 1.92. The molecule has 22 heavy (non-hydrogen) atoms. The highest BCUT2D eigenvalue weighted by molar-refractivity contribution is 7.92. The van der Waals surface area contributed by atoms with Crippen molar-refractivity contribution in [2.75, 3.05) is 4.72 Å². The number of aromatic nitrogens is 1. The van der Waals surface area contributed by atoms with Gasteiger partial charge in [0.1, 0.15) is 0 Å². The minimum absolute atomic E-state index is 0.221. The van der Waals surface area contributed by atoms with E-state index in [2.05, 4.69) is 9.71 Å². The van der Waals surface area contributed by atoms with Crippen LogP contribution in [0.15, 0.2) is 59.6 Å². The number of para-hydroxylation sites is 1. The molecule has 3 aromatic rings. The summed E-state index contributed by atoms with van der Waals surface area (Å²) in [4.78, 5) is 4.44. The molecule has 0 saturated carbocycles. The number of hydrogen-bond donors (Lipinski definition) is 1. The van der Waals surface area contributed by atoms with E-state index in [0.717, 1.165) is 10.9 Å². The zero-order valence-corrected chi connectivity index (χ0v) is 13.3. The van der Waals surface area contributed by atoms with Gasteiger partial charge in [0.05, 0.1) is 27.3 Å². The van der Waals surface area contributed by atoms with E-state index in [1.54, 1.807) is 36.4 Å². The van der Waals surface area contributed by atoms with E-state index in [1.165, 1.54) is 6.20 Å². The van der Waals surface area contributed by atoms with Crippen molar-refractivity contribution >= 4 is 38.2 Å². The van der Waals surface area contributed by atoms with Crippen molar-refractivity contribution in [3.8, 4) is 0 Å². The normalized spacial score (nSPS) is 11.5. The number of halogens is 1. The maximum atomic E-state index is 12.4. The van der Waals surface area contributed by atoms with Crippen LogP contribution >= 0.6 is 11.6 Å². The van der Waals surface area contributed by atoms with E-state index in [4.69, 9.17) is 11.6 Å². The zero-order valence-electron chi connectivity index (χ0n) is 11.7. The molecule has 0 bridgehead atoms. The monoisotopic (exact) mass is 332 g/mol. The molecule has 0 saturated heterocycles. The highest BCUT2D eigenvalue weighted by atomic mass is 35.5. The molecule has 112 valence electrons. The lowest BCUT2D eigenvalue weighted by Crippen LogP contribution is -2.13. The van der Waals surface area contributed by atoms with Crippen LogP contribution in [0.3, 0.4) is 0 Å². The summed E-state index contributed by atoms with van der Waals surface area (Å²) in [6, 6.07) is 13.8. The fourth-order valence-corrected chi connectivity index (χ4v) is 3.55. The first-order valence-electron chi connectivity index (χ1n) is 6.59. The molecule has 0 amide bonds. The van der Waals surface area contributed by atoms with Crippen molar-refractivity contribution in [1.82, 2.24) is 4.98 Å². The number of benzene rings is 2. The molecule has 0 aliphatic rings. The highest BCUT2D eigenvalue weighted by Crippen LogP contribution is 2.24. The predicted molar refractivity (Wildman–Crippen MR) is 88.7 cm³/mol. The molecule has 0 spiro atoms. The quantitative estimate of drug-likeness (QED) is 0.788. The van der Waals surface area contributed by atoms with Gasteiger partial charge < -0.3 is 0 Å². The molecule has 0 atom stereocenters. The number of rotatable bonds is 3. The molecule has 1 N–H and O–H groups in total. The highest BCUT2D eigenvalue weighted by Gasteiger charge is 2.14. The van der Waals surface area contributed by atoms with Gasteiger partial charge in [-0.25, -0.2) is 8.42 Å². The summed E-state index contributed by atoms with van der Waals surface area (Å²) in [6.07, 6.45) is 1.46. The standard InChI is InChI=1S/C16H13ClN2O2S/c1-11-4-2-6-14(8-11)22(20,21)19-13-9-12-5-3-7-15(17)16(12)18-10-13/h2-10,19H,1H3. The second-order valence-corrected chi connectivity index (χ2v) is 7.05. The van der Waals surface area contributed by atoms with E-state index >= 15 is 0 Å². The number of anilines is 1. The Morgan fingerprint density at radius 3 is 2.64 bits per heavy atom. The fourth-order valence-electron chi connectivity index (χ4n) is 2.18. The van der Waals surface area contributed by atoms with Gasteiger partial charge in [-0.2, -0.15) is 0 Å². The third kappa shape index (κ3) is 2.91. The fraction of sp³-hybridized carbons (Fsp3) is 0.0625. The van der Waals surface area contributed by atoms with Crippen molar-refractivity contribution in [2.24, 2.45) is 0 Å². The first-order valence-corrected chi connectivity index (χ1v) is 8.45. The van der Waals surface area contributed by atoms with Crippen molar-refractivity contribution in [3.63, 3.8) is 0 Å². The Hall–Kier alpha value is -2.11. The Kier molecular flexibility index (Phi) is 3.76. The predicted octanol–water partition coefficient (Wildman–Crippen LogP) is 4.00. The maximum Gasteiger partial charge on any atom is 0.261 e. The molecule has 0 aliphatic heterocycles. The van der Waals surface area contributed by atoms with E-state index in [1.807, 2.05) is 19.1 Å². The lowest BCUT2D eigenvalue weighted by molar-refractivity contribution is 0.601. The molecule has 0 fully saturated rings. The lowest BCUT2D eigenvalue weighted by atomic mass is 10.2. The third-order valence-electron chi connectivity index (χ3n) is 3.21. The van der Waals surface area contributed by atoms with Crippen LogP contribution in [0.1, 0.15) is 5.56 Å². The molecule has 4 nitrogen and oxygen atoms in total. The Bertz CT molecular complexity index is 955. The lowest BCUT2D eigenvalue weighted by Gasteiger charge is -2.09. The third-order valence-corrected chi connectivity index (χ3v) is 4.90. The van der Waals surface area contributed by atoms with Gasteiger partial charge in [0.2, 0.25) is 0 Å². The summed E-state index contributed by atoms with van der Waals surface area (Å²) >= 11 is 6.05. The number of fused-ring (bicyclic) bond motifs is 1. The van der Waals surface area contributed by atoms with Gasteiger partial charge in [0, 0.05) is 5.39 Å². The summed E-state index contributed by atoms with van der Waals surface area (Å²) in [5.74, 6) is 0. The molecular weight excluding hydrogens is 320 g/mol. The zero-order chi connectivity index (χ0) is 15.7. The van der Waals surface area contributed by atoms with Gasteiger partial charge in [-0.1, -0.05) is 35.9 Å². The number of nitrogens with zero attached hydrogens (tertiary/aromatic N) is 1. The number of aryl methyl sites for hydroxylation is 1. The smallest absolute Gasteiger partial charge is 0.261 e. The largest absolute Gasteiger partial charge is 0.278 e. The van der Waals surface area contributed by atoms with Crippen LogP contribution in [0.25, 0.3) is 10.9 Å². The number of nitrogens with one attached hydrogen (secondary N) is 1. The molecule has 3 rings (SSSR count). The van der Waals surface area contributed by atoms with Crippen LogP contribution in [0.4, 0.5) is 5.69 Å². The van der Waals surface area contributed by atoms with Gasteiger partial charge in [0.15, 0.2) is 0 Å². The molecule has 1 aromatic heterocycles. The van der Waals surface area contributed by atoms with Gasteiger partial charge in [-0.15, -0.1) is 0 Å². The van der Waals surface area contributed by atoms with Crippen LogP contribution in [0.5, 0.6) is 0 Å². The molecule has 0 unspecified atom stereocenters. The molecular formula is C16H13ClN2O2S. The molecule has 1 heterocycles. The summed E-state index contributed by atoms with van der Waals surface area (Å²) in [7, 11) is -3.64. The summed E-state index contributed by atoms with van der Waals surface area (Å²) in [6.45, 7) is 1.85. The number of hydrogen-bond acceptors (Lipinski definition) is 3. The van der Waals surface area contributed by atoms with Crippen LogP contribution in [-0.4, -0.2) is 13.4 Å². The Morgan fingerprint density at radius 2 is 1.86 bits per heavy atom. The minimum Gasteiger partial charge on any atom is -0.278 e. The van der Waals surface area contributed by atoms with Crippen LogP contribution in [0, 0.1) is 6.92 Å². The minimum atomic E-state index is -3.64. The molecule has 6 heteroatoms. The number of pyridine rings is 1. The van der Waals surface area contributed by atoms with Gasteiger partial charge >= 0.3 is 0 Å². The van der Waals surface area contributed by atoms with Crippen LogP contribution < -0.4 is 4.72 Å². The Morgan fingerprint density at radius 1 is 1.09 bits per heavy atom. The number of sulfonamides is 1. The Balaban J connectivity index is 1.99. The van der Waals surface area contributed by atoms with E-state index in [0.29, 0.717) is 16.2 Å². The molecule has 0 radical (unpaired) electrons. The summed E-state index contributed by atoms with van der Waals surface area (Å²) < 4.78 is 27.3. The molecule has 2 aromatic carbocycles. The van der Waals surface area contributed by atoms with E-state index < -0.39 is 10.0 Å². The SMILES string of the molecule is Cc1cccc(S(=O)(=O)Nc2cnc3c(Cl)cccc3c2)c1.